The molecule has 2 rings (SSSR count). The van der Waals surface area contributed by atoms with Crippen LogP contribution < -0.4 is 5.32 Å². The van der Waals surface area contributed by atoms with E-state index in [9.17, 15) is 4.39 Å². The summed E-state index contributed by atoms with van der Waals surface area (Å²) in [6.07, 6.45) is 5.84. The van der Waals surface area contributed by atoms with Gasteiger partial charge in [-0.1, -0.05) is 29.8 Å². The van der Waals surface area contributed by atoms with Crippen molar-refractivity contribution in [2.75, 3.05) is 6.54 Å². The third-order valence-electron chi connectivity index (χ3n) is 3.29. The number of aromatic nitrogens is 2. The summed E-state index contributed by atoms with van der Waals surface area (Å²) >= 11 is 3.37. The first-order chi connectivity index (χ1) is 10.2. The Labute approximate surface area is 133 Å². The first-order valence-electron chi connectivity index (χ1n) is 7.36. The predicted octanol–water partition coefficient (Wildman–Crippen LogP) is 4.28. The van der Waals surface area contributed by atoms with Crippen LogP contribution in [-0.4, -0.2) is 16.1 Å². The number of rotatable bonds is 7. The fourth-order valence-electron chi connectivity index (χ4n) is 2.40. The molecule has 1 N–H and O–H groups in total. The van der Waals surface area contributed by atoms with E-state index in [4.69, 9.17) is 0 Å². The summed E-state index contributed by atoms with van der Waals surface area (Å²) in [6, 6.07) is 4.89. The molecule has 3 nitrogen and oxygen atoms in total. The van der Waals surface area contributed by atoms with E-state index in [1.54, 1.807) is 12.3 Å². The van der Waals surface area contributed by atoms with Gasteiger partial charge in [0.2, 0.25) is 0 Å². The predicted molar refractivity (Wildman–Crippen MR) is 86.8 cm³/mol. The fraction of sp³-hybridized carbons (Fsp3) is 0.438. The summed E-state index contributed by atoms with van der Waals surface area (Å²) in [5.74, 6) is 0.694. The third kappa shape index (κ3) is 4.14. The van der Waals surface area contributed by atoms with Crippen molar-refractivity contribution in [3.63, 3.8) is 0 Å². The van der Waals surface area contributed by atoms with Crippen LogP contribution in [0.1, 0.15) is 44.1 Å². The number of aryl methyl sites for hydroxylation is 1. The molecule has 0 aliphatic heterocycles. The molecular weight excluding hydrogens is 333 g/mol. The van der Waals surface area contributed by atoms with Crippen LogP contribution in [0.25, 0.3) is 0 Å². The number of nitrogens with zero attached hydrogens (tertiary/aromatic N) is 2. The maximum atomic E-state index is 13.7. The highest BCUT2D eigenvalue weighted by Gasteiger charge is 2.19. The molecule has 1 aromatic heterocycles. The molecule has 114 valence electrons. The van der Waals surface area contributed by atoms with E-state index in [1.807, 2.05) is 12.3 Å². The third-order valence-corrected chi connectivity index (χ3v) is 3.74. The van der Waals surface area contributed by atoms with E-state index >= 15 is 0 Å². The first kappa shape index (κ1) is 16.2. The molecule has 0 aliphatic carbocycles. The number of nitrogens with one attached hydrogen (secondary N) is 1. The maximum Gasteiger partial charge on any atom is 0.130 e. The molecule has 5 heteroatoms. The van der Waals surface area contributed by atoms with Gasteiger partial charge in [0, 0.05) is 23.4 Å². The fourth-order valence-corrected chi connectivity index (χ4v) is 2.88. The summed E-state index contributed by atoms with van der Waals surface area (Å²) in [4.78, 5) is 4.49. The van der Waals surface area contributed by atoms with Crippen LogP contribution in [0.15, 0.2) is 35.1 Å². The van der Waals surface area contributed by atoms with Crippen LogP contribution >= 0.6 is 15.9 Å². The van der Waals surface area contributed by atoms with Gasteiger partial charge in [-0.25, -0.2) is 9.37 Å². The number of imidazole rings is 1. The number of hydrogen-bond acceptors (Lipinski definition) is 2. The van der Waals surface area contributed by atoms with Gasteiger partial charge in [-0.2, -0.15) is 0 Å². The lowest BCUT2D eigenvalue weighted by atomic mass is 10.1. The highest BCUT2D eigenvalue weighted by molar-refractivity contribution is 9.10. The largest absolute Gasteiger partial charge is 0.333 e. The van der Waals surface area contributed by atoms with Crippen molar-refractivity contribution in [1.29, 1.82) is 0 Å². The normalized spacial score (nSPS) is 12.6. The lowest BCUT2D eigenvalue weighted by Gasteiger charge is -2.20. The molecule has 0 bridgehead atoms. The molecule has 0 amide bonds. The Hall–Kier alpha value is -1.20. The van der Waals surface area contributed by atoms with Crippen molar-refractivity contribution >= 4 is 15.9 Å². The molecular formula is C16H21BrFN3. The van der Waals surface area contributed by atoms with Crippen LogP contribution in [-0.2, 0) is 6.54 Å². The standard InChI is InChI=1S/C16H21BrFN3/c1-3-5-19-15(12-9-13(17)11-14(18)10-12)16-20-6-8-21(16)7-4-2/h6,8-11,15,19H,3-5,7H2,1-2H3. The maximum absolute atomic E-state index is 13.7. The van der Waals surface area contributed by atoms with Gasteiger partial charge in [-0.05, 0) is 43.1 Å². The second-order valence-electron chi connectivity index (χ2n) is 5.07. The molecule has 0 saturated heterocycles. The van der Waals surface area contributed by atoms with Crippen molar-refractivity contribution in [2.24, 2.45) is 0 Å². The molecule has 0 saturated carbocycles. The molecule has 2 aromatic rings. The first-order valence-corrected chi connectivity index (χ1v) is 8.15. The minimum absolute atomic E-state index is 0.0986. The van der Waals surface area contributed by atoms with E-state index in [0.29, 0.717) is 0 Å². The Balaban J connectivity index is 2.39. The zero-order valence-electron chi connectivity index (χ0n) is 12.4. The highest BCUT2D eigenvalue weighted by Crippen LogP contribution is 2.25. The van der Waals surface area contributed by atoms with Crippen molar-refractivity contribution < 1.29 is 4.39 Å². The molecule has 0 spiro atoms. The van der Waals surface area contributed by atoms with Crippen LogP contribution in [0.2, 0.25) is 0 Å². The van der Waals surface area contributed by atoms with Gasteiger partial charge in [-0.3, -0.25) is 0 Å². The molecule has 1 heterocycles. The molecule has 0 fully saturated rings. The molecule has 0 aliphatic rings. The molecule has 1 atom stereocenters. The van der Waals surface area contributed by atoms with E-state index in [-0.39, 0.29) is 11.9 Å². The number of hydrogen-bond donors (Lipinski definition) is 1. The average molecular weight is 354 g/mol. The van der Waals surface area contributed by atoms with E-state index < -0.39 is 0 Å². The monoisotopic (exact) mass is 353 g/mol. The Kier molecular flexibility index (Phi) is 5.94. The number of halogens is 2. The van der Waals surface area contributed by atoms with E-state index in [1.165, 1.54) is 6.07 Å². The summed E-state index contributed by atoms with van der Waals surface area (Å²) < 4.78 is 16.6. The summed E-state index contributed by atoms with van der Waals surface area (Å²) in [5, 5.41) is 3.47. The van der Waals surface area contributed by atoms with Crippen LogP contribution in [0.5, 0.6) is 0 Å². The molecule has 0 radical (unpaired) electrons. The van der Waals surface area contributed by atoms with Gasteiger partial charge in [0.1, 0.15) is 11.6 Å². The van der Waals surface area contributed by atoms with Gasteiger partial charge in [0.05, 0.1) is 6.04 Å². The SMILES string of the molecule is CCCNC(c1cc(F)cc(Br)c1)c1nccn1CCC. The Bertz CT molecular complexity index is 562. The summed E-state index contributed by atoms with van der Waals surface area (Å²) in [7, 11) is 0. The zero-order chi connectivity index (χ0) is 15.2. The van der Waals surface area contributed by atoms with Crippen molar-refractivity contribution in [2.45, 2.75) is 39.3 Å². The number of benzene rings is 1. The highest BCUT2D eigenvalue weighted by atomic mass is 79.9. The second-order valence-corrected chi connectivity index (χ2v) is 5.98. The van der Waals surface area contributed by atoms with Gasteiger partial charge in [0.25, 0.3) is 0 Å². The Morgan fingerprint density at radius 2 is 2.10 bits per heavy atom. The minimum Gasteiger partial charge on any atom is -0.333 e. The summed E-state index contributed by atoms with van der Waals surface area (Å²) in [6.45, 7) is 6.02. The zero-order valence-corrected chi connectivity index (χ0v) is 14.0. The Morgan fingerprint density at radius 3 is 2.76 bits per heavy atom. The second kappa shape index (κ2) is 7.71. The van der Waals surface area contributed by atoms with Crippen LogP contribution in [0, 0.1) is 5.82 Å². The molecule has 1 unspecified atom stereocenters. The average Bonchev–Trinajstić information content (AvgIpc) is 2.87. The molecule has 21 heavy (non-hydrogen) atoms. The van der Waals surface area contributed by atoms with E-state index in [0.717, 1.165) is 41.8 Å². The molecule has 1 aromatic carbocycles. The van der Waals surface area contributed by atoms with Gasteiger partial charge >= 0.3 is 0 Å². The topological polar surface area (TPSA) is 29.9 Å². The van der Waals surface area contributed by atoms with Crippen molar-refractivity contribution in [1.82, 2.24) is 14.9 Å². The van der Waals surface area contributed by atoms with Gasteiger partial charge in [-0.15, -0.1) is 0 Å². The summed E-state index contributed by atoms with van der Waals surface area (Å²) in [5.41, 5.74) is 0.888. The van der Waals surface area contributed by atoms with E-state index in [2.05, 4.69) is 44.6 Å². The minimum atomic E-state index is -0.240. The Morgan fingerprint density at radius 1 is 1.29 bits per heavy atom. The lowest BCUT2D eigenvalue weighted by Crippen LogP contribution is -2.26. The lowest BCUT2D eigenvalue weighted by molar-refractivity contribution is 0.526. The van der Waals surface area contributed by atoms with Crippen LogP contribution in [0.3, 0.4) is 0 Å². The quantitative estimate of drug-likeness (QED) is 0.804. The van der Waals surface area contributed by atoms with Gasteiger partial charge < -0.3 is 9.88 Å². The van der Waals surface area contributed by atoms with Crippen molar-refractivity contribution in [3.05, 3.63) is 52.3 Å². The van der Waals surface area contributed by atoms with Crippen molar-refractivity contribution in [3.8, 4) is 0 Å². The smallest absolute Gasteiger partial charge is 0.130 e. The van der Waals surface area contributed by atoms with Gasteiger partial charge in [0.15, 0.2) is 0 Å². The van der Waals surface area contributed by atoms with Crippen LogP contribution in [0.4, 0.5) is 4.39 Å².